The summed E-state index contributed by atoms with van der Waals surface area (Å²) in [5.41, 5.74) is 0. The van der Waals surface area contributed by atoms with Gasteiger partial charge >= 0.3 is 0 Å². The predicted molar refractivity (Wildman–Crippen MR) is 53.5 cm³/mol. The zero-order chi connectivity index (χ0) is 10.3. The lowest BCUT2D eigenvalue weighted by atomic mass is 10.1. The lowest BCUT2D eigenvalue weighted by molar-refractivity contribution is -0.124. The van der Waals surface area contributed by atoms with Crippen molar-refractivity contribution < 1.29 is 9.53 Å². The van der Waals surface area contributed by atoms with Crippen LogP contribution in [0.2, 0.25) is 0 Å². The van der Waals surface area contributed by atoms with Crippen LogP contribution in [0.25, 0.3) is 0 Å². The number of carbonyl (C=O) groups excluding carboxylic acids is 1. The molecule has 1 atom stereocenters. The molecule has 0 heterocycles. The van der Waals surface area contributed by atoms with E-state index in [2.05, 4.69) is 12.2 Å². The fourth-order valence-corrected chi connectivity index (χ4v) is 0.900. The van der Waals surface area contributed by atoms with Crippen LogP contribution in [0, 0.1) is 11.8 Å². The molecule has 1 amide bonds. The zero-order valence-electron chi connectivity index (χ0n) is 9.09. The van der Waals surface area contributed by atoms with Gasteiger partial charge < -0.3 is 10.1 Å². The van der Waals surface area contributed by atoms with Crippen LogP contribution in [0.3, 0.4) is 0 Å². The van der Waals surface area contributed by atoms with Gasteiger partial charge in [0.25, 0.3) is 0 Å². The topological polar surface area (TPSA) is 38.3 Å². The second-order valence-corrected chi connectivity index (χ2v) is 3.79. The van der Waals surface area contributed by atoms with Gasteiger partial charge in [-0.1, -0.05) is 20.8 Å². The summed E-state index contributed by atoms with van der Waals surface area (Å²) < 4.78 is 4.95. The Morgan fingerprint density at radius 2 is 2.00 bits per heavy atom. The molecule has 0 aromatic carbocycles. The summed E-state index contributed by atoms with van der Waals surface area (Å²) >= 11 is 0. The fourth-order valence-electron chi connectivity index (χ4n) is 0.900. The largest absolute Gasteiger partial charge is 0.385 e. The van der Waals surface area contributed by atoms with Gasteiger partial charge in [0.15, 0.2) is 0 Å². The second-order valence-electron chi connectivity index (χ2n) is 3.79. The van der Waals surface area contributed by atoms with Crippen molar-refractivity contribution in [3.8, 4) is 0 Å². The number of nitrogens with one attached hydrogen (secondary N) is 1. The number of rotatable bonds is 6. The molecule has 0 aliphatic rings. The summed E-state index contributed by atoms with van der Waals surface area (Å²) in [6.07, 6.45) is 0.995. The summed E-state index contributed by atoms with van der Waals surface area (Å²) in [6.45, 7) is 7.42. The minimum absolute atomic E-state index is 0.0784. The van der Waals surface area contributed by atoms with E-state index in [4.69, 9.17) is 4.74 Å². The van der Waals surface area contributed by atoms with Crippen LogP contribution in [0.5, 0.6) is 0 Å². The summed E-state index contributed by atoms with van der Waals surface area (Å²) in [7, 11) is 1.69. The number of carbonyl (C=O) groups is 1. The van der Waals surface area contributed by atoms with E-state index in [-0.39, 0.29) is 11.8 Å². The Hall–Kier alpha value is -0.570. The van der Waals surface area contributed by atoms with Crippen LogP contribution in [0.1, 0.15) is 27.2 Å². The predicted octanol–water partition coefficient (Wildman–Crippen LogP) is 1.43. The first-order chi connectivity index (χ1) is 6.07. The molecule has 78 valence electrons. The zero-order valence-corrected chi connectivity index (χ0v) is 9.09. The van der Waals surface area contributed by atoms with Gasteiger partial charge in [-0.15, -0.1) is 0 Å². The maximum atomic E-state index is 11.2. The summed E-state index contributed by atoms with van der Waals surface area (Å²) in [5, 5.41) is 2.90. The molecule has 0 rings (SSSR count). The van der Waals surface area contributed by atoms with Gasteiger partial charge in [0, 0.05) is 26.2 Å². The highest BCUT2D eigenvalue weighted by atomic mass is 16.5. The van der Waals surface area contributed by atoms with Gasteiger partial charge in [-0.3, -0.25) is 4.79 Å². The molecule has 0 aromatic heterocycles. The van der Waals surface area contributed by atoms with Crippen LogP contribution >= 0.6 is 0 Å². The molecule has 13 heavy (non-hydrogen) atoms. The summed E-state index contributed by atoms with van der Waals surface area (Å²) in [5.74, 6) is 0.696. The van der Waals surface area contributed by atoms with Crippen LogP contribution in [-0.4, -0.2) is 26.2 Å². The molecule has 0 saturated carbocycles. The first-order valence-electron chi connectivity index (χ1n) is 4.84. The monoisotopic (exact) mass is 187 g/mol. The van der Waals surface area contributed by atoms with E-state index in [1.54, 1.807) is 7.11 Å². The Morgan fingerprint density at radius 3 is 2.46 bits per heavy atom. The van der Waals surface area contributed by atoms with Gasteiger partial charge in [-0.25, -0.2) is 0 Å². The van der Waals surface area contributed by atoms with Gasteiger partial charge in [0.2, 0.25) is 5.91 Å². The Morgan fingerprint density at radius 1 is 1.38 bits per heavy atom. The third-order valence-electron chi connectivity index (χ3n) is 1.96. The lowest BCUT2D eigenvalue weighted by Gasteiger charge is -2.13. The number of methoxy groups -OCH3 is 1. The standard InChI is InChI=1S/C10H21NO2/c1-8(2)10(12)11-7-9(3)5-6-13-4/h8-9H,5-7H2,1-4H3,(H,11,12). The quantitative estimate of drug-likeness (QED) is 0.683. The van der Waals surface area contributed by atoms with Crippen molar-refractivity contribution in [2.24, 2.45) is 11.8 Å². The van der Waals surface area contributed by atoms with Crippen LogP contribution in [-0.2, 0) is 9.53 Å². The van der Waals surface area contributed by atoms with Crippen molar-refractivity contribution in [3.05, 3.63) is 0 Å². The highest BCUT2D eigenvalue weighted by molar-refractivity contribution is 5.77. The lowest BCUT2D eigenvalue weighted by Crippen LogP contribution is -2.31. The van der Waals surface area contributed by atoms with Crippen molar-refractivity contribution in [2.45, 2.75) is 27.2 Å². The molecule has 3 heteroatoms. The SMILES string of the molecule is COCCC(C)CNC(=O)C(C)C. The number of hydrogen-bond donors (Lipinski definition) is 1. The third-order valence-corrected chi connectivity index (χ3v) is 1.96. The highest BCUT2D eigenvalue weighted by Gasteiger charge is 2.08. The van der Waals surface area contributed by atoms with E-state index < -0.39 is 0 Å². The molecule has 3 nitrogen and oxygen atoms in total. The average Bonchev–Trinajstić information content (AvgIpc) is 2.10. The Kier molecular flexibility index (Phi) is 6.59. The molecule has 0 aliphatic heterocycles. The van der Waals surface area contributed by atoms with Crippen molar-refractivity contribution in [1.82, 2.24) is 5.32 Å². The molecule has 0 bridgehead atoms. The molecule has 0 aromatic rings. The van der Waals surface area contributed by atoms with Gasteiger partial charge in [-0.05, 0) is 12.3 Å². The summed E-state index contributed by atoms with van der Waals surface area (Å²) in [6, 6.07) is 0. The molecular formula is C10H21NO2. The van der Waals surface area contributed by atoms with E-state index in [1.165, 1.54) is 0 Å². The smallest absolute Gasteiger partial charge is 0.222 e. The van der Waals surface area contributed by atoms with Crippen LogP contribution < -0.4 is 5.32 Å². The molecule has 1 N–H and O–H groups in total. The molecule has 0 aliphatic carbocycles. The fraction of sp³-hybridized carbons (Fsp3) is 0.900. The molecular weight excluding hydrogens is 166 g/mol. The maximum absolute atomic E-state index is 11.2. The molecule has 0 fully saturated rings. The van der Waals surface area contributed by atoms with E-state index in [9.17, 15) is 4.79 Å². The molecule has 0 saturated heterocycles. The Balaban J connectivity index is 3.46. The Labute approximate surface area is 80.8 Å². The van der Waals surface area contributed by atoms with E-state index >= 15 is 0 Å². The normalized spacial score (nSPS) is 13.0. The minimum atomic E-state index is 0.0784. The van der Waals surface area contributed by atoms with Crippen LogP contribution in [0.4, 0.5) is 0 Å². The van der Waals surface area contributed by atoms with Crippen molar-refractivity contribution in [3.63, 3.8) is 0 Å². The minimum Gasteiger partial charge on any atom is -0.385 e. The first-order valence-corrected chi connectivity index (χ1v) is 4.84. The number of amides is 1. The van der Waals surface area contributed by atoms with Crippen LogP contribution in [0.15, 0.2) is 0 Å². The second kappa shape index (κ2) is 6.89. The van der Waals surface area contributed by atoms with E-state index in [0.717, 1.165) is 19.6 Å². The van der Waals surface area contributed by atoms with Crippen molar-refractivity contribution >= 4 is 5.91 Å². The highest BCUT2D eigenvalue weighted by Crippen LogP contribution is 2.00. The summed E-state index contributed by atoms with van der Waals surface area (Å²) in [4.78, 5) is 11.2. The number of hydrogen-bond acceptors (Lipinski definition) is 2. The molecule has 0 radical (unpaired) electrons. The van der Waals surface area contributed by atoms with Gasteiger partial charge in [0.1, 0.15) is 0 Å². The Bertz CT molecular complexity index is 146. The van der Waals surface area contributed by atoms with Crippen molar-refractivity contribution in [2.75, 3.05) is 20.3 Å². The van der Waals surface area contributed by atoms with Gasteiger partial charge in [-0.2, -0.15) is 0 Å². The molecule has 0 spiro atoms. The average molecular weight is 187 g/mol. The molecule has 1 unspecified atom stereocenters. The van der Waals surface area contributed by atoms with Gasteiger partial charge in [0.05, 0.1) is 0 Å². The first kappa shape index (κ1) is 12.4. The van der Waals surface area contributed by atoms with E-state index in [0.29, 0.717) is 5.92 Å². The third kappa shape index (κ3) is 6.58. The number of ether oxygens (including phenoxy) is 1. The van der Waals surface area contributed by atoms with E-state index in [1.807, 2.05) is 13.8 Å². The maximum Gasteiger partial charge on any atom is 0.222 e. The van der Waals surface area contributed by atoms with Crippen molar-refractivity contribution in [1.29, 1.82) is 0 Å².